The van der Waals surface area contributed by atoms with Crippen LogP contribution in [0.5, 0.6) is 0 Å². The zero-order chi connectivity index (χ0) is 12.0. The fourth-order valence-electron chi connectivity index (χ4n) is 2.23. The van der Waals surface area contributed by atoms with E-state index in [1.54, 1.807) is 0 Å². The lowest BCUT2D eigenvalue weighted by Gasteiger charge is -2.36. The summed E-state index contributed by atoms with van der Waals surface area (Å²) in [4.78, 5) is 16.5. The van der Waals surface area contributed by atoms with Crippen molar-refractivity contribution in [2.45, 2.75) is 26.7 Å². The third-order valence-electron chi connectivity index (χ3n) is 3.44. The van der Waals surface area contributed by atoms with E-state index in [1.807, 2.05) is 4.90 Å². The molecule has 0 aliphatic carbocycles. The monoisotopic (exact) mass is 244 g/mol. The van der Waals surface area contributed by atoms with Crippen LogP contribution in [0.4, 0.5) is 0 Å². The molecule has 1 heterocycles. The second kappa shape index (κ2) is 7.17. The average Bonchev–Trinajstić information content (AvgIpc) is 2.32. The highest BCUT2D eigenvalue weighted by molar-refractivity contribution is 7.80. The van der Waals surface area contributed by atoms with Crippen LogP contribution < -0.4 is 0 Å². The minimum Gasteiger partial charge on any atom is -0.340 e. The number of amides is 1. The summed E-state index contributed by atoms with van der Waals surface area (Å²) in [6.45, 7) is 9.04. The number of piperazine rings is 1. The molecule has 1 aliphatic rings. The largest absolute Gasteiger partial charge is 0.340 e. The fraction of sp³-hybridized carbons (Fsp3) is 0.917. The molecule has 0 unspecified atom stereocenters. The van der Waals surface area contributed by atoms with Gasteiger partial charge in [-0.25, -0.2) is 0 Å². The van der Waals surface area contributed by atoms with E-state index in [1.165, 1.54) is 0 Å². The van der Waals surface area contributed by atoms with Crippen LogP contribution in [0.3, 0.4) is 0 Å². The molecule has 1 fully saturated rings. The first kappa shape index (κ1) is 13.8. The Morgan fingerprint density at radius 2 is 1.75 bits per heavy atom. The predicted molar refractivity (Wildman–Crippen MR) is 70.9 cm³/mol. The molecule has 1 amide bonds. The minimum absolute atomic E-state index is 0.233. The minimum atomic E-state index is 0.233. The van der Waals surface area contributed by atoms with E-state index in [-0.39, 0.29) is 5.92 Å². The SMILES string of the molecule is CCC(CC)C(=O)N1CCN(CCS)CC1. The summed E-state index contributed by atoms with van der Waals surface area (Å²) in [7, 11) is 0. The Hall–Kier alpha value is -0.220. The zero-order valence-corrected chi connectivity index (χ0v) is 11.4. The molecule has 0 aromatic heterocycles. The molecule has 16 heavy (non-hydrogen) atoms. The Balaban J connectivity index is 2.38. The highest BCUT2D eigenvalue weighted by atomic mass is 32.1. The average molecular weight is 244 g/mol. The van der Waals surface area contributed by atoms with E-state index < -0.39 is 0 Å². The van der Waals surface area contributed by atoms with E-state index in [9.17, 15) is 4.79 Å². The van der Waals surface area contributed by atoms with Gasteiger partial charge < -0.3 is 4.90 Å². The van der Waals surface area contributed by atoms with Crippen LogP contribution in [0.2, 0.25) is 0 Å². The van der Waals surface area contributed by atoms with Gasteiger partial charge in [0.25, 0.3) is 0 Å². The van der Waals surface area contributed by atoms with Crippen LogP contribution in [0.1, 0.15) is 26.7 Å². The molecule has 0 radical (unpaired) electrons. The molecule has 4 heteroatoms. The van der Waals surface area contributed by atoms with Crippen LogP contribution in [-0.4, -0.2) is 54.2 Å². The third kappa shape index (κ3) is 3.67. The molecule has 0 spiro atoms. The lowest BCUT2D eigenvalue weighted by Crippen LogP contribution is -2.50. The van der Waals surface area contributed by atoms with Crippen molar-refractivity contribution in [3.63, 3.8) is 0 Å². The highest BCUT2D eigenvalue weighted by Gasteiger charge is 2.24. The fourth-order valence-corrected chi connectivity index (χ4v) is 2.51. The summed E-state index contributed by atoms with van der Waals surface area (Å²) >= 11 is 4.23. The Morgan fingerprint density at radius 1 is 1.19 bits per heavy atom. The van der Waals surface area contributed by atoms with Crippen molar-refractivity contribution in [2.75, 3.05) is 38.5 Å². The van der Waals surface area contributed by atoms with Gasteiger partial charge in [0.1, 0.15) is 0 Å². The van der Waals surface area contributed by atoms with Crippen LogP contribution >= 0.6 is 12.6 Å². The summed E-state index contributed by atoms with van der Waals surface area (Å²) in [6.07, 6.45) is 1.93. The van der Waals surface area contributed by atoms with Gasteiger partial charge >= 0.3 is 0 Å². The van der Waals surface area contributed by atoms with Crippen molar-refractivity contribution in [3.05, 3.63) is 0 Å². The number of thiol groups is 1. The summed E-state index contributed by atoms with van der Waals surface area (Å²) in [5.41, 5.74) is 0. The molecule has 0 saturated carbocycles. The number of hydrogen-bond acceptors (Lipinski definition) is 3. The molecule has 1 saturated heterocycles. The molecule has 0 aromatic rings. The van der Waals surface area contributed by atoms with Crippen molar-refractivity contribution in [3.8, 4) is 0 Å². The quantitative estimate of drug-likeness (QED) is 0.741. The van der Waals surface area contributed by atoms with Crippen molar-refractivity contribution >= 4 is 18.5 Å². The van der Waals surface area contributed by atoms with E-state index in [0.29, 0.717) is 5.91 Å². The molecule has 0 bridgehead atoms. The van der Waals surface area contributed by atoms with Gasteiger partial charge in [-0.2, -0.15) is 12.6 Å². The van der Waals surface area contributed by atoms with Crippen LogP contribution in [0.25, 0.3) is 0 Å². The van der Waals surface area contributed by atoms with Crippen molar-refractivity contribution in [2.24, 2.45) is 5.92 Å². The van der Waals surface area contributed by atoms with Crippen LogP contribution in [0.15, 0.2) is 0 Å². The van der Waals surface area contributed by atoms with Crippen LogP contribution in [-0.2, 0) is 4.79 Å². The first-order chi connectivity index (χ1) is 7.72. The van der Waals surface area contributed by atoms with Crippen LogP contribution in [0, 0.1) is 5.92 Å². The van der Waals surface area contributed by atoms with Crippen molar-refractivity contribution in [1.82, 2.24) is 9.80 Å². The molecule has 0 aromatic carbocycles. The number of carbonyl (C=O) groups excluding carboxylic acids is 1. The second-order valence-corrected chi connectivity index (χ2v) is 4.85. The van der Waals surface area contributed by atoms with Gasteiger partial charge in [0.05, 0.1) is 0 Å². The van der Waals surface area contributed by atoms with E-state index in [4.69, 9.17) is 0 Å². The Labute approximate surface area is 105 Å². The highest BCUT2D eigenvalue weighted by Crippen LogP contribution is 2.13. The Morgan fingerprint density at radius 3 is 2.19 bits per heavy atom. The maximum Gasteiger partial charge on any atom is 0.225 e. The number of rotatable bonds is 5. The van der Waals surface area contributed by atoms with Crippen molar-refractivity contribution < 1.29 is 4.79 Å². The summed E-state index contributed by atoms with van der Waals surface area (Å²) in [5.74, 6) is 1.49. The van der Waals surface area contributed by atoms with Gasteiger partial charge in [0.15, 0.2) is 0 Å². The number of hydrogen-bond donors (Lipinski definition) is 1. The molecular weight excluding hydrogens is 220 g/mol. The molecular formula is C12H24N2OS. The summed E-state index contributed by atoms with van der Waals surface area (Å²) < 4.78 is 0. The second-order valence-electron chi connectivity index (χ2n) is 4.40. The maximum atomic E-state index is 12.1. The standard InChI is InChI=1S/C12H24N2OS/c1-3-11(4-2)12(15)14-7-5-13(6-8-14)9-10-16/h11,16H,3-10H2,1-2H3. The molecule has 3 nitrogen and oxygen atoms in total. The van der Waals surface area contributed by atoms with Gasteiger partial charge in [-0.15, -0.1) is 0 Å². The lowest BCUT2D eigenvalue weighted by atomic mass is 10.0. The number of carbonyl (C=O) groups is 1. The van der Waals surface area contributed by atoms with E-state index in [2.05, 4.69) is 31.4 Å². The Kier molecular flexibility index (Phi) is 6.21. The molecule has 94 valence electrons. The molecule has 1 rings (SSSR count). The lowest BCUT2D eigenvalue weighted by molar-refractivity contribution is -0.137. The van der Waals surface area contributed by atoms with Gasteiger partial charge in [0.2, 0.25) is 5.91 Å². The molecule has 0 atom stereocenters. The van der Waals surface area contributed by atoms with Gasteiger partial charge in [-0.1, -0.05) is 13.8 Å². The summed E-state index contributed by atoms with van der Waals surface area (Å²) in [6, 6.07) is 0. The summed E-state index contributed by atoms with van der Waals surface area (Å²) in [5, 5.41) is 0. The topological polar surface area (TPSA) is 23.6 Å². The zero-order valence-electron chi connectivity index (χ0n) is 10.5. The smallest absolute Gasteiger partial charge is 0.225 e. The first-order valence-electron chi connectivity index (χ1n) is 6.34. The predicted octanol–water partition coefficient (Wildman–Crippen LogP) is 1.50. The third-order valence-corrected chi connectivity index (χ3v) is 3.64. The first-order valence-corrected chi connectivity index (χ1v) is 6.98. The van der Waals surface area contributed by atoms with Gasteiger partial charge in [-0.05, 0) is 12.8 Å². The normalized spacial score (nSPS) is 18.1. The molecule has 0 N–H and O–H groups in total. The van der Waals surface area contributed by atoms with Crippen molar-refractivity contribution in [1.29, 1.82) is 0 Å². The Bertz CT molecular complexity index is 211. The van der Waals surface area contributed by atoms with Gasteiger partial charge in [0, 0.05) is 44.4 Å². The maximum absolute atomic E-state index is 12.1. The molecule has 1 aliphatic heterocycles. The van der Waals surface area contributed by atoms with Gasteiger partial charge in [-0.3, -0.25) is 9.69 Å². The number of nitrogens with zero attached hydrogens (tertiary/aromatic N) is 2. The van der Waals surface area contributed by atoms with E-state index >= 15 is 0 Å². The van der Waals surface area contributed by atoms with E-state index in [0.717, 1.165) is 51.3 Å².